The van der Waals surface area contributed by atoms with Crippen molar-refractivity contribution in [3.63, 3.8) is 0 Å². The molecule has 0 aliphatic carbocycles. The van der Waals surface area contributed by atoms with Crippen molar-refractivity contribution in [1.29, 1.82) is 5.26 Å². The monoisotopic (exact) mass is 268 g/mol. The van der Waals surface area contributed by atoms with E-state index in [9.17, 15) is 4.79 Å². The first-order valence-electron chi connectivity index (χ1n) is 4.96. The minimum Gasteiger partial charge on any atom is -0.332 e. The highest BCUT2D eigenvalue weighted by atomic mass is 35.5. The average Bonchev–Trinajstić information content (AvgIpc) is 2.79. The fourth-order valence-corrected chi connectivity index (χ4v) is 2.87. The summed E-state index contributed by atoms with van der Waals surface area (Å²) < 4.78 is 0. The predicted molar refractivity (Wildman–Crippen MR) is 64.8 cm³/mol. The van der Waals surface area contributed by atoms with Gasteiger partial charge < -0.3 is 5.32 Å². The first kappa shape index (κ1) is 12.1. The van der Waals surface area contributed by atoms with E-state index in [2.05, 4.69) is 21.6 Å². The van der Waals surface area contributed by atoms with Gasteiger partial charge in [0.1, 0.15) is 5.54 Å². The second-order valence-electron chi connectivity index (χ2n) is 3.69. The van der Waals surface area contributed by atoms with Gasteiger partial charge >= 0.3 is 0 Å². The molecular weight excluding hydrogens is 260 g/mol. The third kappa shape index (κ3) is 2.68. The van der Waals surface area contributed by atoms with Crippen LogP contribution in [0.1, 0.15) is 16.9 Å². The van der Waals surface area contributed by atoms with Crippen molar-refractivity contribution in [2.45, 2.75) is 12.0 Å². The number of hydrogen-bond donors (Lipinski definition) is 1. The van der Waals surface area contributed by atoms with Crippen LogP contribution in [-0.2, 0) is 0 Å². The molecule has 88 valence electrons. The Morgan fingerprint density at radius 3 is 2.94 bits per heavy atom. The standard InChI is InChI=1S/C10H9ClN4OS/c11-8-2-1-7(14-15-8)9(16)13-10(5-12)3-4-17-6-10/h1-2H,3-4,6H2,(H,13,16). The molecule has 1 aromatic heterocycles. The van der Waals surface area contributed by atoms with Crippen molar-refractivity contribution in [3.8, 4) is 6.07 Å². The molecule has 1 aliphatic heterocycles. The topological polar surface area (TPSA) is 78.7 Å². The first-order chi connectivity index (χ1) is 8.15. The molecular formula is C10H9ClN4OS. The summed E-state index contributed by atoms with van der Waals surface area (Å²) in [6.45, 7) is 0. The van der Waals surface area contributed by atoms with Crippen LogP contribution in [0.25, 0.3) is 0 Å². The molecule has 1 fully saturated rings. The van der Waals surface area contributed by atoms with Gasteiger partial charge in [0.2, 0.25) is 0 Å². The van der Waals surface area contributed by atoms with Gasteiger partial charge in [0, 0.05) is 5.75 Å². The lowest BCUT2D eigenvalue weighted by molar-refractivity contribution is 0.0920. The van der Waals surface area contributed by atoms with Crippen molar-refractivity contribution in [3.05, 3.63) is 23.0 Å². The highest BCUT2D eigenvalue weighted by Gasteiger charge is 2.36. The van der Waals surface area contributed by atoms with Crippen LogP contribution in [0, 0.1) is 11.3 Å². The van der Waals surface area contributed by atoms with E-state index in [0.717, 1.165) is 5.75 Å². The van der Waals surface area contributed by atoms with Crippen LogP contribution >= 0.6 is 23.4 Å². The maximum Gasteiger partial charge on any atom is 0.273 e. The van der Waals surface area contributed by atoms with Crippen LogP contribution < -0.4 is 5.32 Å². The number of hydrogen-bond acceptors (Lipinski definition) is 5. The van der Waals surface area contributed by atoms with Crippen LogP contribution in [-0.4, -0.2) is 33.1 Å². The van der Waals surface area contributed by atoms with Gasteiger partial charge in [-0.3, -0.25) is 4.79 Å². The maximum atomic E-state index is 11.9. The Bertz CT molecular complexity index is 464. The van der Waals surface area contributed by atoms with E-state index in [1.165, 1.54) is 12.1 Å². The number of amides is 1. The van der Waals surface area contributed by atoms with Gasteiger partial charge in [-0.2, -0.15) is 17.0 Å². The zero-order valence-electron chi connectivity index (χ0n) is 8.81. The van der Waals surface area contributed by atoms with E-state index < -0.39 is 11.4 Å². The van der Waals surface area contributed by atoms with E-state index in [-0.39, 0.29) is 10.8 Å². The summed E-state index contributed by atoms with van der Waals surface area (Å²) in [4.78, 5) is 11.9. The second kappa shape index (κ2) is 4.90. The van der Waals surface area contributed by atoms with E-state index in [0.29, 0.717) is 12.2 Å². The van der Waals surface area contributed by atoms with Crippen molar-refractivity contribution in [1.82, 2.24) is 15.5 Å². The number of halogens is 1. The molecule has 1 amide bonds. The number of carbonyl (C=O) groups is 1. The molecule has 0 radical (unpaired) electrons. The smallest absolute Gasteiger partial charge is 0.273 e. The molecule has 1 saturated heterocycles. The van der Waals surface area contributed by atoms with E-state index >= 15 is 0 Å². The molecule has 0 aromatic carbocycles. The molecule has 1 aromatic rings. The van der Waals surface area contributed by atoms with Crippen molar-refractivity contribution >= 4 is 29.3 Å². The predicted octanol–water partition coefficient (Wildman–Crippen LogP) is 1.26. The van der Waals surface area contributed by atoms with E-state index in [4.69, 9.17) is 16.9 Å². The summed E-state index contributed by atoms with van der Waals surface area (Å²) in [6.07, 6.45) is 0.654. The van der Waals surface area contributed by atoms with Crippen molar-refractivity contribution in [2.24, 2.45) is 0 Å². The van der Waals surface area contributed by atoms with Crippen LogP contribution in [0.15, 0.2) is 12.1 Å². The van der Waals surface area contributed by atoms with Crippen molar-refractivity contribution in [2.75, 3.05) is 11.5 Å². The minimum absolute atomic E-state index is 0.168. The molecule has 0 spiro atoms. The molecule has 1 atom stereocenters. The molecule has 1 aliphatic rings. The van der Waals surface area contributed by atoms with Crippen LogP contribution in [0.3, 0.4) is 0 Å². The highest BCUT2D eigenvalue weighted by molar-refractivity contribution is 7.99. The van der Waals surface area contributed by atoms with Gasteiger partial charge in [0.15, 0.2) is 10.8 Å². The summed E-state index contributed by atoms with van der Waals surface area (Å²) >= 11 is 7.23. The summed E-state index contributed by atoms with van der Waals surface area (Å²) in [7, 11) is 0. The van der Waals surface area contributed by atoms with Gasteiger partial charge in [-0.25, -0.2) is 0 Å². The Labute approximate surface area is 108 Å². The summed E-state index contributed by atoms with van der Waals surface area (Å²) in [6, 6.07) is 5.14. The quantitative estimate of drug-likeness (QED) is 0.874. The Hall–Kier alpha value is -1.32. The lowest BCUT2D eigenvalue weighted by atomic mass is 10.0. The van der Waals surface area contributed by atoms with Crippen molar-refractivity contribution < 1.29 is 4.79 Å². The first-order valence-corrected chi connectivity index (χ1v) is 6.49. The van der Waals surface area contributed by atoms with Crippen LogP contribution in [0.5, 0.6) is 0 Å². The van der Waals surface area contributed by atoms with Gasteiger partial charge in [-0.05, 0) is 24.3 Å². The third-order valence-corrected chi connectivity index (χ3v) is 3.84. The Kier molecular flexibility index (Phi) is 3.50. The normalized spacial score (nSPS) is 23.1. The maximum absolute atomic E-state index is 11.9. The number of nitriles is 1. The lowest BCUT2D eigenvalue weighted by Crippen LogP contribution is -2.47. The second-order valence-corrected chi connectivity index (χ2v) is 5.18. The summed E-state index contributed by atoms with van der Waals surface area (Å²) in [5.74, 6) is 1.09. The van der Waals surface area contributed by atoms with Gasteiger partial charge in [-0.15, -0.1) is 10.2 Å². The largest absolute Gasteiger partial charge is 0.332 e. The molecule has 5 nitrogen and oxygen atoms in total. The van der Waals surface area contributed by atoms with E-state index in [1.807, 2.05) is 0 Å². The molecule has 17 heavy (non-hydrogen) atoms. The summed E-state index contributed by atoms with van der Waals surface area (Å²) in [5, 5.41) is 19.3. The van der Waals surface area contributed by atoms with Gasteiger partial charge in [0.25, 0.3) is 5.91 Å². The van der Waals surface area contributed by atoms with Crippen LogP contribution in [0.2, 0.25) is 5.15 Å². The van der Waals surface area contributed by atoms with E-state index in [1.54, 1.807) is 11.8 Å². The number of thioether (sulfide) groups is 1. The summed E-state index contributed by atoms with van der Waals surface area (Å²) in [5.41, 5.74) is -0.607. The number of nitrogens with one attached hydrogen (secondary N) is 1. The fourth-order valence-electron chi connectivity index (χ4n) is 1.50. The molecule has 0 saturated carbocycles. The molecule has 2 rings (SSSR count). The number of aromatic nitrogens is 2. The SMILES string of the molecule is N#CC1(NC(=O)c2ccc(Cl)nn2)CCSC1. The number of rotatable bonds is 2. The van der Waals surface area contributed by atoms with Gasteiger partial charge in [-0.1, -0.05) is 11.6 Å². The highest BCUT2D eigenvalue weighted by Crippen LogP contribution is 2.27. The zero-order chi connectivity index (χ0) is 12.3. The lowest BCUT2D eigenvalue weighted by Gasteiger charge is -2.20. The zero-order valence-corrected chi connectivity index (χ0v) is 10.4. The van der Waals surface area contributed by atoms with Crippen LogP contribution in [0.4, 0.5) is 0 Å². The molecule has 0 bridgehead atoms. The Morgan fingerprint density at radius 1 is 1.59 bits per heavy atom. The molecule has 1 N–H and O–H groups in total. The Morgan fingerprint density at radius 2 is 2.41 bits per heavy atom. The minimum atomic E-state index is -0.775. The number of carbonyl (C=O) groups excluding carboxylic acids is 1. The molecule has 2 heterocycles. The average molecular weight is 269 g/mol. The third-order valence-electron chi connectivity index (χ3n) is 2.45. The Balaban J connectivity index is 2.11. The molecule has 7 heteroatoms. The number of nitrogens with zero attached hydrogens (tertiary/aromatic N) is 3. The molecule has 1 unspecified atom stereocenters. The van der Waals surface area contributed by atoms with Gasteiger partial charge in [0.05, 0.1) is 6.07 Å². The fraction of sp³-hybridized carbons (Fsp3) is 0.400.